The van der Waals surface area contributed by atoms with Gasteiger partial charge in [-0.05, 0) is 68.6 Å². The van der Waals surface area contributed by atoms with Gasteiger partial charge in [0.25, 0.3) is 11.8 Å². The second-order valence-corrected chi connectivity index (χ2v) is 10.7. The number of aryl methyl sites for hydroxylation is 1. The zero-order chi connectivity index (χ0) is 26.9. The molecule has 0 saturated carbocycles. The van der Waals surface area contributed by atoms with Crippen LogP contribution in [0.15, 0.2) is 55.1 Å². The van der Waals surface area contributed by atoms with Crippen LogP contribution in [0.3, 0.4) is 0 Å². The third-order valence-corrected chi connectivity index (χ3v) is 7.94. The number of hydrogen-bond acceptors (Lipinski definition) is 6. The van der Waals surface area contributed by atoms with Crippen molar-refractivity contribution in [1.29, 1.82) is 0 Å². The molecule has 0 aliphatic carbocycles. The molecule has 4 N–H and O–H groups in total. The molecule has 10 heteroatoms. The lowest BCUT2D eigenvalue weighted by atomic mass is 9.98. The molecule has 2 aliphatic rings. The van der Waals surface area contributed by atoms with Gasteiger partial charge < -0.3 is 25.8 Å². The van der Waals surface area contributed by atoms with Crippen molar-refractivity contribution in [2.24, 2.45) is 13.0 Å². The van der Waals surface area contributed by atoms with E-state index in [4.69, 9.17) is 5.73 Å². The number of likely N-dealkylation sites (tertiary alicyclic amines) is 1. The van der Waals surface area contributed by atoms with Gasteiger partial charge in [0, 0.05) is 78.9 Å². The Hall–Kier alpha value is -4.18. The molecule has 2 fully saturated rings. The van der Waals surface area contributed by atoms with Crippen molar-refractivity contribution in [1.82, 2.24) is 34.9 Å². The van der Waals surface area contributed by atoms with Crippen molar-refractivity contribution in [3.8, 4) is 11.1 Å². The van der Waals surface area contributed by atoms with Gasteiger partial charge in [-0.2, -0.15) is 5.10 Å². The lowest BCUT2D eigenvalue weighted by Gasteiger charge is -2.23. The van der Waals surface area contributed by atoms with Gasteiger partial charge in [-0.1, -0.05) is 0 Å². The summed E-state index contributed by atoms with van der Waals surface area (Å²) in [5.41, 5.74) is 9.82. The van der Waals surface area contributed by atoms with Crippen molar-refractivity contribution in [3.05, 3.63) is 66.2 Å². The van der Waals surface area contributed by atoms with Gasteiger partial charge in [0.05, 0.1) is 11.8 Å². The Bertz CT molecular complexity index is 1520. The standard InChI is InChI=1S/C29H34N8O2/c1-35-17-23(15-33-35)22-13-25(27(30)32-14-22)28(38)34-24-7-11-37(18-24)29(39)21-2-3-26-20(12-21)6-10-36(26)16-19-4-8-31-9-5-19/h2-3,6,10,12-15,17,19,24,31H,4-5,7-9,11,16,18H2,1H3,(H2,30,32)(H,34,38)/t24-/m1/s1. The van der Waals surface area contributed by atoms with E-state index in [1.807, 2.05) is 30.3 Å². The Morgan fingerprint density at radius 3 is 2.74 bits per heavy atom. The molecule has 5 heterocycles. The van der Waals surface area contributed by atoms with E-state index in [0.29, 0.717) is 36.6 Å². The summed E-state index contributed by atoms with van der Waals surface area (Å²) in [6, 6.07) is 9.64. The number of carbonyl (C=O) groups excluding carboxylic acids is 2. The van der Waals surface area contributed by atoms with E-state index in [2.05, 4.69) is 43.6 Å². The number of nitrogens with one attached hydrogen (secondary N) is 2. The van der Waals surface area contributed by atoms with Gasteiger partial charge in [0.1, 0.15) is 5.82 Å². The van der Waals surface area contributed by atoms with Gasteiger partial charge in [-0.25, -0.2) is 4.98 Å². The molecule has 1 aromatic carbocycles. The lowest BCUT2D eigenvalue weighted by molar-refractivity contribution is 0.0783. The summed E-state index contributed by atoms with van der Waals surface area (Å²) in [7, 11) is 1.83. The monoisotopic (exact) mass is 526 g/mol. The van der Waals surface area contributed by atoms with Gasteiger partial charge in [-0.15, -0.1) is 0 Å². The van der Waals surface area contributed by atoms with Crippen molar-refractivity contribution in [2.75, 3.05) is 31.9 Å². The molecule has 39 heavy (non-hydrogen) atoms. The minimum atomic E-state index is -0.290. The fourth-order valence-corrected chi connectivity index (χ4v) is 5.73. The molecule has 4 aromatic rings. The first-order valence-electron chi connectivity index (χ1n) is 13.6. The highest BCUT2D eigenvalue weighted by molar-refractivity contribution is 6.00. The molecule has 0 unspecified atom stereocenters. The number of hydrogen-bond donors (Lipinski definition) is 3. The fraction of sp³-hybridized carbons (Fsp3) is 0.379. The van der Waals surface area contributed by atoms with E-state index < -0.39 is 0 Å². The molecule has 2 aliphatic heterocycles. The van der Waals surface area contributed by atoms with Gasteiger partial charge in [0.2, 0.25) is 0 Å². The quantitative estimate of drug-likeness (QED) is 0.355. The van der Waals surface area contributed by atoms with E-state index in [-0.39, 0.29) is 23.7 Å². The molecule has 202 valence electrons. The Kier molecular flexibility index (Phi) is 6.78. The number of piperidine rings is 1. The van der Waals surface area contributed by atoms with Crippen LogP contribution in [-0.4, -0.2) is 68.3 Å². The number of nitrogen functional groups attached to an aromatic ring is 1. The Labute approximate surface area is 227 Å². The summed E-state index contributed by atoms with van der Waals surface area (Å²) in [4.78, 5) is 32.4. The van der Waals surface area contributed by atoms with Crippen LogP contribution >= 0.6 is 0 Å². The Morgan fingerprint density at radius 1 is 1.10 bits per heavy atom. The molecule has 2 saturated heterocycles. The van der Waals surface area contributed by atoms with E-state index in [1.54, 1.807) is 23.1 Å². The number of aromatic nitrogens is 4. The third-order valence-electron chi connectivity index (χ3n) is 7.94. The maximum Gasteiger partial charge on any atom is 0.255 e. The summed E-state index contributed by atoms with van der Waals surface area (Å²) in [6.45, 7) is 4.22. The van der Waals surface area contributed by atoms with E-state index in [9.17, 15) is 9.59 Å². The number of anilines is 1. The molecule has 3 aromatic heterocycles. The smallest absolute Gasteiger partial charge is 0.255 e. The van der Waals surface area contributed by atoms with E-state index >= 15 is 0 Å². The number of pyridine rings is 1. The summed E-state index contributed by atoms with van der Waals surface area (Å²) < 4.78 is 4.00. The summed E-state index contributed by atoms with van der Waals surface area (Å²) >= 11 is 0. The van der Waals surface area contributed by atoms with E-state index in [1.165, 1.54) is 12.8 Å². The topological polar surface area (TPSA) is 123 Å². The number of amides is 2. The summed E-state index contributed by atoms with van der Waals surface area (Å²) in [6.07, 6.45) is 10.4. The Balaban J connectivity index is 1.10. The minimum absolute atomic E-state index is 0.0143. The fourth-order valence-electron chi connectivity index (χ4n) is 5.73. The SMILES string of the molecule is Cn1cc(-c2cnc(N)c(C(=O)N[C@@H]3CCN(C(=O)c4ccc5c(ccn5CC5CCNCC5)c4)C3)c2)cn1. The number of nitrogens with zero attached hydrogens (tertiary/aromatic N) is 5. The maximum atomic E-state index is 13.3. The number of nitrogens with two attached hydrogens (primary N) is 1. The molecule has 6 rings (SSSR count). The first-order chi connectivity index (χ1) is 18.9. The van der Waals surface area contributed by atoms with Crippen LogP contribution in [0.25, 0.3) is 22.0 Å². The number of carbonyl (C=O) groups is 2. The summed E-state index contributed by atoms with van der Waals surface area (Å²) in [5.74, 6) is 0.552. The highest BCUT2D eigenvalue weighted by atomic mass is 16.2. The van der Waals surface area contributed by atoms with Crippen LogP contribution in [0.2, 0.25) is 0 Å². The number of benzene rings is 1. The summed E-state index contributed by atoms with van der Waals surface area (Å²) in [5, 5.41) is 11.7. The normalized spacial score (nSPS) is 18.1. The van der Waals surface area contributed by atoms with Crippen molar-refractivity contribution in [2.45, 2.75) is 31.8 Å². The van der Waals surface area contributed by atoms with Crippen LogP contribution in [-0.2, 0) is 13.6 Å². The molecular weight excluding hydrogens is 492 g/mol. The van der Waals surface area contributed by atoms with Crippen LogP contribution < -0.4 is 16.4 Å². The minimum Gasteiger partial charge on any atom is -0.383 e. The highest BCUT2D eigenvalue weighted by Gasteiger charge is 2.29. The van der Waals surface area contributed by atoms with Crippen molar-refractivity contribution < 1.29 is 9.59 Å². The van der Waals surface area contributed by atoms with Crippen LogP contribution in [0.1, 0.15) is 40.0 Å². The predicted molar refractivity (Wildman–Crippen MR) is 150 cm³/mol. The third kappa shape index (κ3) is 5.24. The van der Waals surface area contributed by atoms with Crippen molar-refractivity contribution in [3.63, 3.8) is 0 Å². The molecule has 0 bridgehead atoms. The zero-order valence-electron chi connectivity index (χ0n) is 22.1. The van der Waals surface area contributed by atoms with Gasteiger partial charge >= 0.3 is 0 Å². The number of fused-ring (bicyclic) bond motifs is 1. The molecule has 0 radical (unpaired) electrons. The largest absolute Gasteiger partial charge is 0.383 e. The maximum absolute atomic E-state index is 13.3. The Morgan fingerprint density at radius 2 is 1.95 bits per heavy atom. The van der Waals surface area contributed by atoms with Crippen LogP contribution in [0, 0.1) is 5.92 Å². The molecule has 10 nitrogen and oxygen atoms in total. The number of rotatable bonds is 6. The molecular formula is C29H34N8O2. The van der Waals surface area contributed by atoms with Gasteiger partial charge in [0.15, 0.2) is 0 Å². The van der Waals surface area contributed by atoms with Gasteiger partial charge in [-0.3, -0.25) is 14.3 Å². The average Bonchev–Trinajstić information content (AvgIpc) is 3.69. The second kappa shape index (κ2) is 10.5. The molecule has 0 spiro atoms. The highest BCUT2D eigenvalue weighted by Crippen LogP contribution is 2.24. The zero-order valence-corrected chi connectivity index (χ0v) is 22.1. The predicted octanol–water partition coefficient (Wildman–Crippen LogP) is 2.66. The van der Waals surface area contributed by atoms with Crippen LogP contribution in [0.5, 0.6) is 0 Å². The van der Waals surface area contributed by atoms with E-state index in [0.717, 1.165) is 41.7 Å². The molecule has 1 atom stereocenters. The first kappa shape index (κ1) is 25.1. The first-order valence-corrected chi connectivity index (χ1v) is 13.6. The van der Waals surface area contributed by atoms with Crippen LogP contribution in [0.4, 0.5) is 5.82 Å². The second-order valence-electron chi connectivity index (χ2n) is 10.7. The average molecular weight is 527 g/mol. The lowest BCUT2D eigenvalue weighted by Crippen LogP contribution is -2.38. The molecule has 2 amide bonds. The van der Waals surface area contributed by atoms with Crippen molar-refractivity contribution >= 4 is 28.5 Å².